The van der Waals surface area contributed by atoms with Crippen molar-refractivity contribution >= 4 is 34.1 Å². The summed E-state index contributed by atoms with van der Waals surface area (Å²) < 4.78 is 0. The first-order valence-corrected chi connectivity index (χ1v) is 11.3. The van der Waals surface area contributed by atoms with Gasteiger partial charge in [0.15, 0.2) is 11.6 Å². The van der Waals surface area contributed by atoms with Crippen LogP contribution in [0.1, 0.15) is 31.8 Å². The summed E-state index contributed by atoms with van der Waals surface area (Å²) in [7, 11) is 7.65. The van der Waals surface area contributed by atoms with E-state index in [1.54, 1.807) is 36.4 Å². The summed E-state index contributed by atoms with van der Waals surface area (Å²) in [5.74, 6) is -0.833. The van der Waals surface area contributed by atoms with Crippen LogP contribution in [0.25, 0.3) is 11.1 Å². The Labute approximate surface area is 210 Å². The third kappa shape index (κ3) is 4.17. The Balaban J connectivity index is 2.08. The Morgan fingerprint density at radius 2 is 1.06 bits per heavy atom. The van der Waals surface area contributed by atoms with E-state index in [0.717, 1.165) is 11.4 Å². The van der Waals surface area contributed by atoms with Crippen LogP contribution < -0.4 is 9.80 Å². The Morgan fingerprint density at radius 3 is 1.44 bits per heavy atom. The number of rotatable bonds is 5. The van der Waals surface area contributed by atoms with Gasteiger partial charge in [-0.3, -0.25) is 9.59 Å². The molecule has 0 saturated carbocycles. The lowest BCUT2D eigenvalue weighted by Gasteiger charge is -2.19. The molecule has 0 saturated heterocycles. The summed E-state index contributed by atoms with van der Waals surface area (Å²) in [5, 5.41) is 19.8. The fourth-order valence-electron chi connectivity index (χ4n) is 4.30. The van der Waals surface area contributed by atoms with Gasteiger partial charge >= 0.3 is 0 Å². The Hall–Kier alpha value is -4.94. The van der Waals surface area contributed by atoms with Crippen molar-refractivity contribution in [3.63, 3.8) is 0 Å². The number of fused-ring (bicyclic) bond motifs is 1. The second-order valence-electron chi connectivity index (χ2n) is 8.81. The minimum absolute atomic E-state index is 0.0384. The van der Waals surface area contributed by atoms with Crippen LogP contribution in [0.4, 0.5) is 11.4 Å². The summed E-state index contributed by atoms with van der Waals surface area (Å²) in [5.41, 5.74) is 3.95. The highest BCUT2D eigenvalue weighted by molar-refractivity contribution is 6.45. The monoisotopic (exact) mass is 472 g/mol. The zero-order valence-corrected chi connectivity index (χ0v) is 20.5. The van der Waals surface area contributed by atoms with Crippen molar-refractivity contribution in [3.8, 4) is 12.1 Å². The van der Waals surface area contributed by atoms with Crippen molar-refractivity contribution in [2.75, 3.05) is 38.0 Å². The molecule has 0 N–H and O–H groups in total. The van der Waals surface area contributed by atoms with E-state index in [2.05, 4.69) is 0 Å². The number of anilines is 2. The van der Waals surface area contributed by atoms with E-state index in [-0.39, 0.29) is 22.3 Å². The van der Waals surface area contributed by atoms with Gasteiger partial charge in [0.2, 0.25) is 0 Å². The molecule has 0 spiro atoms. The van der Waals surface area contributed by atoms with Crippen molar-refractivity contribution in [1.82, 2.24) is 0 Å². The lowest BCUT2D eigenvalue weighted by Crippen LogP contribution is -2.10. The molecule has 4 rings (SSSR count). The quantitative estimate of drug-likeness (QED) is 0.290. The van der Waals surface area contributed by atoms with Crippen molar-refractivity contribution < 1.29 is 9.59 Å². The van der Waals surface area contributed by atoms with Crippen LogP contribution in [0.2, 0.25) is 0 Å². The summed E-state index contributed by atoms with van der Waals surface area (Å²) in [6.45, 7) is 0. The molecule has 0 aromatic heterocycles. The molecule has 0 radical (unpaired) electrons. The minimum Gasteiger partial charge on any atom is -0.378 e. The van der Waals surface area contributed by atoms with Gasteiger partial charge < -0.3 is 9.80 Å². The fourth-order valence-corrected chi connectivity index (χ4v) is 4.30. The zero-order valence-electron chi connectivity index (χ0n) is 20.5. The first-order valence-electron chi connectivity index (χ1n) is 11.3. The first-order chi connectivity index (χ1) is 17.3. The second kappa shape index (κ2) is 9.74. The van der Waals surface area contributed by atoms with E-state index >= 15 is 0 Å². The molecule has 0 aliphatic heterocycles. The number of hydrogen-bond donors (Lipinski definition) is 0. The topological polar surface area (TPSA) is 88.2 Å². The predicted molar refractivity (Wildman–Crippen MR) is 142 cm³/mol. The lowest BCUT2D eigenvalue weighted by molar-refractivity contribution is 0.0990. The molecule has 6 nitrogen and oxygen atoms in total. The van der Waals surface area contributed by atoms with E-state index < -0.39 is 11.6 Å². The summed E-state index contributed by atoms with van der Waals surface area (Å²) in [6, 6.07) is 25.3. The number of nitrogens with zero attached hydrogens (tertiary/aromatic N) is 4. The maximum Gasteiger partial charge on any atom is 0.198 e. The van der Waals surface area contributed by atoms with Crippen molar-refractivity contribution in [2.24, 2.45) is 0 Å². The molecule has 0 fully saturated rings. The maximum absolute atomic E-state index is 13.6. The highest BCUT2D eigenvalue weighted by Crippen LogP contribution is 2.41. The largest absolute Gasteiger partial charge is 0.378 e. The molecule has 0 bridgehead atoms. The van der Waals surface area contributed by atoms with Gasteiger partial charge in [-0.05, 0) is 35.4 Å². The normalized spacial score (nSPS) is 11.9. The SMILES string of the molecule is CN(C)c1ccc(C(=C(C#N)C#N)C(=C2C(=O)c3ccccc3C2=O)c2ccc(N(C)C)cc2)cc1. The number of benzene rings is 3. The molecule has 36 heavy (non-hydrogen) atoms. The number of allylic oxidation sites excluding steroid dienone is 4. The van der Waals surface area contributed by atoms with Gasteiger partial charge in [-0.1, -0.05) is 48.5 Å². The van der Waals surface area contributed by atoms with Crippen molar-refractivity contribution in [1.29, 1.82) is 10.5 Å². The molecule has 176 valence electrons. The number of nitriles is 2. The van der Waals surface area contributed by atoms with Gasteiger partial charge in [-0.25, -0.2) is 0 Å². The predicted octanol–water partition coefficient (Wildman–Crippen LogP) is 5.15. The minimum atomic E-state index is -0.417. The Morgan fingerprint density at radius 1 is 0.639 bits per heavy atom. The number of hydrogen-bond acceptors (Lipinski definition) is 6. The standard InChI is InChI=1S/C30H24N4O2/c1-33(2)22-13-9-19(10-14-22)26(21(17-31)18-32)27(20-11-15-23(16-12-20)34(3)4)28-29(35)24-7-5-6-8-25(24)30(28)36/h5-16H,1-4H3. The highest BCUT2D eigenvalue weighted by atomic mass is 16.2. The number of carbonyl (C=O) groups excluding carboxylic acids is 2. The molecular weight excluding hydrogens is 448 g/mol. The van der Waals surface area contributed by atoms with Gasteiger partial charge in [0.1, 0.15) is 17.7 Å². The Bertz CT molecular complexity index is 1460. The molecule has 1 aliphatic rings. The second-order valence-corrected chi connectivity index (χ2v) is 8.81. The number of carbonyl (C=O) groups is 2. The molecular formula is C30H24N4O2. The van der Waals surface area contributed by atoms with Crippen LogP contribution in [0.3, 0.4) is 0 Å². The van der Waals surface area contributed by atoms with Crippen molar-refractivity contribution in [2.45, 2.75) is 0 Å². The first kappa shape index (κ1) is 24.2. The lowest BCUT2D eigenvalue weighted by atomic mass is 9.84. The van der Waals surface area contributed by atoms with Gasteiger partial charge in [0.05, 0.1) is 5.57 Å². The van der Waals surface area contributed by atoms with E-state index in [1.165, 1.54) is 0 Å². The third-order valence-electron chi connectivity index (χ3n) is 6.19. The number of Topliss-reactive ketones (excluding diaryl/α,β-unsaturated/α-hetero) is 2. The van der Waals surface area contributed by atoms with Crippen LogP contribution in [-0.4, -0.2) is 39.8 Å². The van der Waals surface area contributed by atoms with E-state index in [4.69, 9.17) is 0 Å². The molecule has 0 amide bonds. The van der Waals surface area contributed by atoms with E-state index in [1.807, 2.05) is 86.5 Å². The highest BCUT2D eigenvalue weighted by Gasteiger charge is 2.37. The average molecular weight is 473 g/mol. The van der Waals surface area contributed by atoms with Crippen LogP contribution in [0.15, 0.2) is 83.9 Å². The van der Waals surface area contributed by atoms with Crippen LogP contribution in [0.5, 0.6) is 0 Å². The molecule has 1 aliphatic carbocycles. The van der Waals surface area contributed by atoms with Crippen LogP contribution in [-0.2, 0) is 0 Å². The fraction of sp³-hybridized carbons (Fsp3) is 0.133. The van der Waals surface area contributed by atoms with Crippen LogP contribution >= 0.6 is 0 Å². The van der Waals surface area contributed by atoms with E-state index in [9.17, 15) is 20.1 Å². The summed E-state index contributed by atoms with van der Waals surface area (Å²) in [4.78, 5) is 31.1. The molecule has 3 aromatic rings. The van der Waals surface area contributed by atoms with E-state index in [0.29, 0.717) is 22.3 Å². The molecule has 0 heterocycles. The molecule has 6 heteroatoms. The molecule has 0 atom stereocenters. The zero-order chi connectivity index (χ0) is 26.0. The van der Waals surface area contributed by atoms with Gasteiger partial charge in [0.25, 0.3) is 0 Å². The van der Waals surface area contributed by atoms with Gasteiger partial charge in [0, 0.05) is 61.8 Å². The van der Waals surface area contributed by atoms with Gasteiger partial charge in [-0.2, -0.15) is 10.5 Å². The summed E-state index contributed by atoms with van der Waals surface area (Å²) >= 11 is 0. The van der Waals surface area contributed by atoms with Gasteiger partial charge in [-0.15, -0.1) is 0 Å². The van der Waals surface area contributed by atoms with Crippen LogP contribution in [0, 0.1) is 22.7 Å². The Kier molecular flexibility index (Phi) is 6.54. The third-order valence-corrected chi connectivity index (χ3v) is 6.19. The number of ketones is 2. The van der Waals surface area contributed by atoms with Crippen molar-refractivity contribution in [3.05, 3.63) is 106 Å². The summed E-state index contributed by atoms with van der Waals surface area (Å²) in [6.07, 6.45) is 0. The maximum atomic E-state index is 13.6. The average Bonchev–Trinajstić information content (AvgIpc) is 3.14. The molecule has 0 unspecified atom stereocenters. The molecule has 3 aromatic carbocycles. The smallest absolute Gasteiger partial charge is 0.198 e.